The summed E-state index contributed by atoms with van der Waals surface area (Å²) in [6.45, 7) is 8.95. The minimum Gasteiger partial charge on any atom is -0.318 e. The van der Waals surface area contributed by atoms with Crippen LogP contribution in [-0.2, 0) is 20.6 Å². The topological polar surface area (TPSA) is 73.8 Å². The predicted octanol–water partition coefficient (Wildman–Crippen LogP) is 2.16. The molecule has 1 N–H and O–H groups in total. The molecule has 2 heterocycles. The number of nitrogens with zero attached hydrogens (tertiary/aromatic N) is 4. The van der Waals surface area contributed by atoms with E-state index in [1.165, 1.54) is 11.6 Å². The standard InChI is InChI=1S/C15H16N4O2.C4H11N.ClH/c1-4-19-11-13(17(2)15(21)18(3)14(11)20)16-12(19)10-8-6-5-7-9-10;1-3-5-4-2;/h5-9H,4H2,1-3H3;5H,3-4H2,1-2H3;1H. The number of halogens is 1. The molecule has 0 bridgehead atoms. The summed E-state index contributed by atoms with van der Waals surface area (Å²) in [6, 6.07) is 9.65. The fourth-order valence-electron chi connectivity index (χ4n) is 2.81. The molecule has 0 aliphatic rings. The maximum absolute atomic E-state index is 12.4. The lowest BCUT2D eigenvalue weighted by Crippen LogP contribution is -2.37. The van der Waals surface area contributed by atoms with Crippen LogP contribution in [0.5, 0.6) is 0 Å². The van der Waals surface area contributed by atoms with Gasteiger partial charge in [-0.1, -0.05) is 44.2 Å². The van der Waals surface area contributed by atoms with Gasteiger partial charge in [-0.25, -0.2) is 9.78 Å². The number of hydrogen-bond donors (Lipinski definition) is 1. The molecule has 0 spiro atoms. The van der Waals surface area contributed by atoms with Crippen LogP contribution in [0.15, 0.2) is 39.9 Å². The summed E-state index contributed by atoms with van der Waals surface area (Å²) < 4.78 is 4.38. The Morgan fingerprint density at radius 2 is 1.56 bits per heavy atom. The van der Waals surface area contributed by atoms with E-state index in [1.807, 2.05) is 41.8 Å². The van der Waals surface area contributed by atoms with Gasteiger partial charge in [-0.2, -0.15) is 0 Å². The van der Waals surface area contributed by atoms with Gasteiger partial charge < -0.3 is 9.88 Å². The molecule has 7 nitrogen and oxygen atoms in total. The summed E-state index contributed by atoms with van der Waals surface area (Å²) in [5.41, 5.74) is 1.12. The first-order valence-electron chi connectivity index (χ1n) is 8.90. The van der Waals surface area contributed by atoms with Crippen molar-refractivity contribution in [2.45, 2.75) is 27.3 Å². The van der Waals surface area contributed by atoms with Crippen molar-refractivity contribution < 1.29 is 0 Å². The van der Waals surface area contributed by atoms with Gasteiger partial charge in [0.25, 0.3) is 5.56 Å². The fraction of sp³-hybridized carbons (Fsp3) is 0.421. The predicted molar refractivity (Wildman–Crippen MR) is 113 cm³/mol. The van der Waals surface area contributed by atoms with Crippen LogP contribution in [0.2, 0.25) is 0 Å². The minimum absolute atomic E-state index is 0. The van der Waals surface area contributed by atoms with Crippen molar-refractivity contribution in [2.24, 2.45) is 14.1 Å². The Balaban J connectivity index is 0.000000542. The molecule has 8 heteroatoms. The van der Waals surface area contributed by atoms with Crippen LogP contribution in [0.3, 0.4) is 0 Å². The molecular weight excluding hydrogens is 366 g/mol. The third-order valence-corrected chi connectivity index (χ3v) is 4.20. The van der Waals surface area contributed by atoms with Crippen molar-refractivity contribution >= 4 is 23.6 Å². The number of fused-ring (bicyclic) bond motifs is 1. The van der Waals surface area contributed by atoms with Crippen molar-refractivity contribution in [1.82, 2.24) is 24.0 Å². The molecule has 0 saturated heterocycles. The molecule has 1 aromatic carbocycles. The Kier molecular flexibility index (Phi) is 8.46. The molecule has 0 atom stereocenters. The lowest BCUT2D eigenvalue weighted by molar-refractivity contribution is 0.700. The Labute approximate surface area is 165 Å². The summed E-state index contributed by atoms with van der Waals surface area (Å²) in [6.07, 6.45) is 0. The van der Waals surface area contributed by atoms with Crippen LogP contribution in [0.25, 0.3) is 22.6 Å². The lowest BCUT2D eigenvalue weighted by atomic mass is 10.2. The van der Waals surface area contributed by atoms with Gasteiger partial charge in [-0.05, 0) is 20.0 Å². The molecule has 0 aliphatic heterocycles. The highest BCUT2D eigenvalue weighted by molar-refractivity contribution is 5.85. The van der Waals surface area contributed by atoms with E-state index in [4.69, 9.17) is 0 Å². The second kappa shape index (κ2) is 10.1. The first kappa shape index (κ1) is 22.7. The maximum atomic E-state index is 12.4. The second-order valence-electron chi connectivity index (χ2n) is 5.88. The van der Waals surface area contributed by atoms with Crippen LogP contribution < -0.4 is 16.6 Å². The minimum atomic E-state index is -0.368. The molecule has 0 radical (unpaired) electrons. The normalized spacial score (nSPS) is 10.3. The third-order valence-electron chi connectivity index (χ3n) is 4.20. The van der Waals surface area contributed by atoms with Gasteiger partial charge in [0.05, 0.1) is 0 Å². The number of aryl methyl sites for hydroxylation is 2. The van der Waals surface area contributed by atoms with E-state index in [-0.39, 0.29) is 23.7 Å². The van der Waals surface area contributed by atoms with Crippen LogP contribution in [0.4, 0.5) is 0 Å². The van der Waals surface area contributed by atoms with Crippen LogP contribution in [0.1, 0.15) is 20.8 Å². The number of hydrogen-bond acceptors (Lipinski definition) is 4. The van der Waals surface area contributed by atoms with Gasteiger partial charge >= 0.3 is 5.69 Å². The van der Waals surface area contributed by atoms with Crippen molar-refractivity contribution in [3.8, 4) is 11.4 Å². The average molecular weight is 394 g/mol. The van der Waals surface area contributed by atoms with E-state index in [1.54, 1.807) is 7.05 Å². The first-order valence-corrected chi connectivity index (χ1v) is 8.90. The van der Waals surface area contributed by atoms with Crippen molar-refractivity contribution in [3.63, 3.8) is 0 Å². The van der Waals surface area contributed by atoms with Gasteiger partial charge in [0.1, 0.15) is 5.82 Å². The third kappa shape index (κ3) is 4.48. The zero-order valence-electron chi connectivity index (χ0n) is 16.5. The van der Waals surface area contributed by atoms with Crippen LogP contribution >= 0.6 is 12.4 Å². The number of rotatable bonds is 4. The van der Waals surface area contributed by atoms with Gasteiger partial charge in [0, 0.05) is 26.2 Å². The molecule has 3 rings (SSSR count). The highest BCUT2D eigenvalue weighted by Crippen LogP contribution is 2.21. The molecule has 0 amide bonds. The van der Waals surface area contributed by atoms with Gasteiger partial charge in [-0.3, -0.25) is 13.9 Å². The summed E-state index contributed by atoms with van der Waals surface area (Å²) in [7, 11) is 3.12. The van der Waals surface area contributed by atoms with E-state index < -0.39 is 0 Å². The fourth-order valence-corrected chi connectivity index (χ4v) is 2.81. The molecule has 2 aromatic heterocycles. The lowest BCUT2D eigenvalue weighted by Gasteiger charge is -2.06. The molecule has 0 fully saturated rings. The monoisotopic (exact) mass is 393 g/mol. The SMILES string of the molecule is CCNCC.CCn1c(-c2ccccc2)nc2c1c(=O)n(C)c(=O)n2C.Cl. The van der Waals surface area contributed by atoms with Crippen LogP contribution in [-0.4, -0.2) is 31.8 Å². The van der Waals surface area contributed by atoms with E-state index >= 15 is 0 Å². The Hall–Kier alpha value is -2.38. The van der Waals surface area contributed by atoms with Gasteiger partial charge in [0.2, 0.25) is 0 Å². The summed E-state index contributed by atoms with van der Waals surface area (Å²) >= 11 is 0. The zero-order chi connectivity index (χ0) is 19.3. The van der Waals surface area contributed by atoms with Crippen LogP contribution in [0, 0.1) is 0 Å². The van der Waals surface area contributed by atoms with E-state index in [0.29, 0.717) is 23.5 Å². The highest BCUT2D eigenvalue weighted by atomic mass is 35.5. The molecule has 27 heavy (non-hydrogen) atoms. The number of aromatic nitrogens is 4. The number of imidazole rings is 1. The van der Waals surface area contributed by atoms with E-state index in [2.05, 4.69) is 24.1 Å². The first-order chi connectivity index (χ1) is 12.5. The second-order valence-corrected chi connectivity index (χ2v) is 5.88. The highest BCUT2D eigenvalue weighted by Gasteiger charge is 2.18. The number of benzene rings is 1. The Morgan fingerprint density at radius 3 is 2.04 bits per heavy atom. The van der Waals surface area contributed by atoms with Gasteiger partial charge in [0.15, 0.2) is 11.2 Å². The summed E-state index contributed by atoms with van der Waals surface area (Å²) in [5, 5.41) is 3.11. The Bertz CT molecular complexity index is 987. The number of nitrogens with one attached hydrogen (secondary N) is 1. The molecule has 0 unspecified atom stereocenters. The smallest absolute Gasteiger partial charge is 0.318 e. The summed E-state index contributed by atoms with van der Waals surface area (Å²) in [5.74, 6) is 0.700. The molecule has 148 valence electrons. The van der Waals surface area contributed by atoms with Crippen molar-refractivity contribution in [1.29, 1.82) is 0 Å². The average Bonchev–Trinajstić information content (AvgIpc) is 3.06. The Morgan fingerprint density at radius 1 is 0.963 bits per heavy atom. The summed E-state index contributed by atoms with van der Waals surface area (Å²) in [4.78, 5) is 29.0. The van der Waals surface area contributed by atoms with E-state index in [9.17, 15) is 9.59 Å². The van der Waals surface area contributed by atoms with E-state index in [0.717, 1.165) is 23.2 Å². The van der Waals surface area contributed by atoms with Gasteiger partial charge in [-0.15, -0.1) is 12.4 Å². The molecule has 0 saturated carbocycles. The molecule has 3 aromatic rings. The zero-order valence-corrected chi connectivity index (χ0v) is 17.3. The quantitative estimate of drug-likeness (QED) is 0.737. The van der Waals surface area contributed by atoms with Crippen molar-refractivity contribution in [2.75, 3.05) is 13.1 Å². The largest absolute Gasteiger partial charge is 0.332 e. The van der Waals surface area contributed by atoms with Crippen molar-refractivity contribution in [3.05, 3.63) is 51.2 Å². The molecular formula is C19H28ClN5O2. The maximum Gasteiger partial charge on any atom is 0.332 e. The molecule has 0 aliphatic carbocycles.